The van der Waals surface area contributed by atoms with E-state index in [1.807, 2.05) is 48.5 Å². The molecular formula is C21H28N4O3. The Morgan fingerprint density at radius 3 is 2.11 bits per heavy atom. The summed E-state index contributed by atoms with van der Waals surface area (Å²) in [6.45, 7) is 1.23. The first kappa shape index (κ1) is 21.1. The van der Waals surface area contributed by atoms with Crippen molar-refractivity contribution in [1.82, 2.24) is 15.5 Å². The van der Waals surface area contributed by atoms with Crippen LogP contribution in [0.5, 0.6) is 11.5 Å². The van der Waals surface area contributed by atoms with Crippen LogP contribution in [0.2, 0.25) is 0 Å². The molecule has 28 heavy (non-hydrogen) atoms. The molecule has 2 aromatic rings. The van der Waals surface area contributed by atoms with E-state index >= 15 is 0 Å². The third-order valence-electron chi connectivity index (χ3n) is 4.04. The van der Waals surface area contributed by atoms with Crippen molar-refractivity contribution in [2.24, 2.45) is 4.99 Å². The zero-order chi connectivity index (χ0) is 20.4. The van der Waals surface area contributed by atoms with E-state index in [-0.39, 0.29) is 12.5 Å². The van der Waals surface area contributed by atoms with Crippen molar-refractivity contribution in [2.45, 2.75) is 13.1 Å². The molecule has 0 aromatic heterocycles. The van der Waals surface area contributed by atoms with Crippen LogP contribution in [0, 0.1) is 0 Å². The molecule has 0 atom stereocenters. The maximum Gasteiger partial charge on any atom is 0.259 e. The molecule has 7 heteroatoms. The molecule has 150 valence electrons. The van der Waals surface area contributed by atoms with Crippen LogP contribution in [-0.2, 0) is 17.9 Å². The number of ether oxygens (including phenoxy) is 2. The molecule has 7 nitrogen and oxygen atoms in total. The number of methoxy groups -OCH3 is 1. The van der Waals surface area contributed by atoms with Gasteiger partial charge in [0.1, 0.15) is 11.5 Å². The van der Waals surface area contributed by atoms with E-state index in [2.05, 4.69) is 15.6 Å². The summed E-state index contributed by atoms with van der Waals surface area (Å²) in [6, 6.07) is 15.5. The molecule has 1 amide bonds. The van der Waals surface area contributed by atoms with Crippen molar-refractivity contribution in [3.05, 3.63) is 59.7 Å². The third kappa shape index (κ3) is 6.83. The minimum absolute atomic E-state index is 0.0215. The van der Waals surface area contributed by atoms with Crippen LogP contribution in [-0.4, -0.2) is 51.6 Å². The first-order chi connectivity index (χ1) is 13.5. The van der Waals surface area contributed by atoms with Gasteiger partial charge in [-0.25, -0.2) is 0 Å². The van der Waals surface area contributed by atoms with Gasteiger partial charge in [-0.15, -0.1) is 0 Å². The summed E-state index contributed by atoms with van der Waals surface area (Å²) in [5.74, 6) is 2.10. The number of guanidine groups is 1. The number of nitrogens with one attached hydrogen (secondary N) is 2. The van der Waals surface area contributed by atoms with Gasteiger partial charge in [-0.1, -0.05) is 24.3 Å². The summed E-state index contributed by atoms with van der Waals surface area (Å²) in [6.07, 6.45) is 0. The highest BCUT2D eigenvalue weighted by molar-refractivity contribution is 5.79. The molecular weight excluding hydrogens is 356 g/mol. The molecule has 0 bridgehead atoms. The number of likely N-dealkylation sites (N-methyl/N-ethyl adjacent to an activating group) is 1. The second-order valence-electron chi connectivity index (χ2n) is 6.36. The van der Waals surface area contributed by atoms with Gasteiger partial charge in [-0.3, -0.25) is 9.79 Å². The Labute approximate surface area is 166 Å². The first-order valence-electron chi connectivity index (χ1n) is 9.01. The Hall–Kier alpha value is -3.22. The molecule has 0 saturated carbocycles. The van der Waals surface area contributed by atoms with Crippen molar-refractivity contribution in [3.63, 3.8) is 0 Å². The fourth-order valence-corrected chi connectivity index (χ4v) is 2.39. The summed E-state index contributed by atoms with van der Waals surface area (Å²) in [5, 5.41) is 6.55. The summed E-state index contributed by atoms with van der Waals surface area (Å²) >= 11 is 0. The van der Waals surface area contributed by atoms with Crippen LogP contribution < -0.4 is 20.1 Å². The lowest BCUT2D eigenvalue weighted by Crippen LogP contribution is -2.36. The van der Waals surface area contributed by atoms with E-state index in [4.69, 9.17) is 9.47 Å². The van der Waals surface area contributed by atoms with E-state index < -0.39 is 0 Å². The Kier molecular flexibility index (Phi) is 8.14. The summed E-state index contributed by atoms with van der Waals surface area (Å²) in [7, 11) is 6.79. The number of nitrogens with zero attached hydrogens (tertiary/aromatic N) is 2. The van der Waals surface area contributed by atoms with Gasteiger partial charge >= 0.3 is 0 Å². The van der Waals surface area contributed by atoms with Gasteiger partial charge in [0, 0.05) is 34.2 Å². The topological polar surface area (TPSA) is 75.2 Å². The van der Waals surface area contributed by atoms with Crippen LogP contribution in [0.25, 0.3) is 0 Å². The standard InChI is InChI=1S/C21H28N4O3/c1-22-21(23-13-16-7-5-9-18(11-16)27-4)24-14-17-8-6-10-19(12-17)28-15-20(26)25(2)3/h5-12H,13-15H2,1-4H3,(H2,22,23,24). The minimum atomic E-state index is -0.0781. The van der Waals surface area contributed by atoms with E-state index in [0.29, 0.717) is 24.8 Å². The summed E-state index contributed by atoms with van der Waals surface area (Å²) < 4.78 is 10.8. The molecule has 0 aliphatic carbocycles. The van der Waals surface area contributed by atoms with Gasteiger partial charge in [0.15, 0.2) is 12.6 Å². The quantitative estimate of drug-likeness (QED) is 0.538. The number of carbonyl (C=O) groups is 1. The minimum Gasteiger partial charge on any atom is -0.497 e. The number of rotatable bonds is 8. The fourth-order valence-electron chi connectivity index (χ4n) is 2.39. The lowest BCUT2D eigenvalue weighted by Gasteiger charge is -2.14. The third-order valence-corrected chi connectivity index (χ3v) is 4.04. The Morgan fingerprint density at radius 1 is 1.00 bits per heavy atom. The Bertz CT molecular complexity index is 806. The first-order valence-corrected chi connectivity index (χ1v) is 9.01. The van der Waals surface area contributed by atoms with Gasteiger partial charge in [-0.2, -0.15) is 0 Å². The summed E-state index contributed by atoms with van der Waals surface area (Å²) in [5.41, 5.74) is 2.13. The van der Waals surface area contributed by atoms with Gasteiger partial charge in [0.05, 0.1) is 7.11 Å². The lowest BCUT2D eigenvalue weighted by molar-refractivity contribution is -0.130. The number of hydrogen-bond acceptors (Lipinski definition) is 4. The number of benzene rings is 2. The van der Waals surface area contributed by atoms with Crippen molar-refractivity contribution in [3.8, 4) is 11.5 Å². The average molecular weight is 384 g/mol. The van der Waals surface area contributed by atoms with Crippen LogP contribution in [0.15, 0.2) is 53.5 Å². The predicted octanol–water partition coefficient (Wildman–Crippen LogP) is 2.03. The fraction of sp³-hybridized carbons (Fsp3) is 0.333. The van der Waals surface area contributed by atoms with Crippen molar-refractivity contribution in [1.29, 1.82) is 0 Å². The van der Waals surface area contributed by atoms with Gasteiger partial charge < -0.3 is 25.0 Å². The number of carbonyl (C=O) groups excluding carboxylic acids is 1. The Morgan fingerprint density at radius 2 is 1.57 bits per heavy atom. The molecule has 2 N–H and O–H groups in total. The van der Waals surface area contributed by atoms with Gasteiger partial charge in [-0.05, 0) is 35.4 Å². The molecule has 2 aromatic carbocycles. The summed E-state index contributed by atoms with van der Waals surface area (Å²) in [4.78, 5) is 17.4. The normalized spacial score (nSPS) is 10.9. The highest BCUT2D eigenvalue weighted by Crippen LogP contribution is 2.14. The largest absolute Gasteiger partial charge is 0.497 e. The zero-order valence-electron chi connectivity index (χ0n) is 16.9. The molecule has 0 unspecified atom stereocenters. The van der Waals surface area contributed by atoms with Crippen LogP contribution in [0.4, 0.5) is 0 Å². The van der Waals surface area contributed by atoms with Crippen molar-refractivity contribution in [2.75, 3.05) is 34.9 Å². The van der Waals surface area contributed by atoms with Gasteiger partial charge in [0.2, 0.25) is 0 Å². The predicted molar refractivity (Wildman–Crippen MR) is 111 cm³/mol. The molecule has 0 radical (unpaired) electrons. The molecule has 0 aliphatic heterocycles. The highest BCUT2D eigenvalue weighted by Gasteiger charge is 2.06. The molecule has 0 saturated heterocycles. The maximum absolute atomic E-state index is 11.6. The smallest absolute Gasteiger partial charge is 0.259 e. The van der Waals surface area contributed by atoms with Crippen LogP contribution in [0.3, 0.4) is 0 Å². The molecule has 0 fully saturated rings. The van der Waals surface area contributed by atoms with E-state index in [9.17, 15) is 4.79 Å². The SMILES string of the molecule is CN=C(NCc1cccc(OC)c1)NCc1cccc(OCC(=O)N(C)C)c1. The van der Waals surface area contributed by atoms with E-state index in [1.54, 1.807) is 28.3 Å². The molecule has 0 aliphatic rings. The monoisotopic (exact) mass is 384 g/mol. The second-order valence-corrected chi connectivity index (χ2v) is 6.36. The lowest BCUT2D eigenvalue weighted by atomic mass is 10.2. The van der Waals surface area contributed by atoms with Crippen molar-refractivity contribution >= 4 is 11.9 Å². The Balaban J connectivity index is 1.85. The molecule has 0 spiro atoms. The average Bonchev–Trinajstić information content (AvgIpc) is 2.72. The molecule has 0 heterocycles. The second kappa shape index (κ2) is 10.8. The zero-order valence-corrected chi connectivity index (χ0v) is 16.9. The van der Waals surface area contributed by atoms with Crippen molar-refractivity contribution < 1.29 is 14.3 Å². The highest BCUT2D eigenvalue weighted by atomic mass is 16.5. The van der Waals surface area contributed by atoms with Crippen LogP contribution >= 0.6 is 0 Å². The number of amides is 1. The van der Waals surface area contributed by atoms with Crippen LogP contribution in [0.1, 0.15) is 11.1 Å². The van der Waals surface area contributed by atoms with Gasteiger partial charge in [0.25, 0.3) is 5.91 Å². The molecule has 2 rings (SSSR count). The maximum atomic E-state index is 11.6. The van der Waals surface area contributed by atoms with E-state index in [0.717, 1.165) is 16.9 Å². The van der Waals surface area contributed by atoms with E-state index in [1.165, 1.54) is 4.90 Å². The number of aliphatic imine (C=N–C) groups is 1. The number of hydrogen-bond donors (Lipinski definition) is 2.